The molecule has 0 spiro atoms. The summed E-state index contributed by atoms with van der Waals surface area (Å²) in [7, 11) is 1.63. The third kappa shape index (κ3) is 3.90. The fourth-order valence-electron chi connectivity index (χ4n) is 3.12. The maximum Gasteiger partial charge on any atom is 0.230 e. The first-order chi connectivity index (χ1) is 12.1. The highest BCUT2D eigenvalue weighted by Crippen LogP contribution is 2.44. The summed E-state index contributed by atoms with van der Waals surface area (Å²) in [6.07, 6.45) is 2.82. The molecule has 1 fully saturated rings. The minimum Gasteiger partial charge on any atom is -0.497 e. The molecule has 4 nitrogen and oxygen atoms in total. The van der Waals surface area contributed by atoms with Gasteiger partial charge in [-0.1, -0.05) is 30.2 Å². The van der Waals surface area contributed by atoms with E-state index in [4.69, 9.17) is 21.1 Å². The van der Waals surface area contributed by atoms with Crippen LogP contribution < -0.4 is 14.8 Å². The van der Waals surface area contributed by atoms with Crippen LogP contribution in [0.1, 0.15) is 24.8 Å². The minimum absolute atomic E-state index is 0.0689. The van der Waals surface area contributed by atoms with E-state index >= 15 is 0 Å². The van der Waals surface area contributed by atoms with Crippen LogP contribution in [0.5, 0.6) is 11.5 Å². The van der Waals surface area contributed by atoms with Gasteiger partial charge in [0, 0.05) is 5.02 Å². The van der Waals surface area contributed by atoms with Crippen molar-refractivity contribution in [2.24, 2.45) is 0 Å². The predicted molar refractivity (Wildman–Crippen MR) is 98.5 cm³/mol. The summed E-state index contributed by atoms with van der Waals surface area (Å²) in [5, 5.41) is 3.70. The average Bonchev–Trinajstić information content (AvgIpc) is 2.60. The number of benzene rings is 2. The van der Waals surface area contributed by atoms with Crippen LogP contribution in [0, 0.1) is 0 Å². The second kappa shape index (κ2) is 7.79. The SMILES string of the molecule is COc1ccc(OCCNC(=O)C2(c3ccc(Cl)cc3)CCC2)cc1. The second-order valence-electron chi connectivity index (χ2n) is 6.22. The van der Waals surface area contributed by atoms with Crippen LogP contribution in [0.3, 0.4) is 0 Å². The summed E-state index contributed by atoms with van der Waals surface area (Å²) in [5.74, 6) is 1.61. The Kier molecular flexibility index (Phi) is 5.49. The zero-order chi connectivity index (χ0) is 17.7. The van der Waals surface area contributed by atoms with E-state index in [1.54, 1.807) is 7.11 Å². The Labute approximate surface area is 153 Å². The molecule has 0 unspecified atom stereocenters. The third-order valence-corrected chi connectivity index (χ3v) is 5.01. The molecule has 0 heterocycles. The first kappa shape index (κ1) is 17.6. The van der Waals surface area contributed by atoms with E-state index in [0.717, 1.165) is 36.3 Å². The van der Waals surface area contributed by atoms with E-state index in [9.17, 15) is 4.79 Å². The number of methoxy groups -OCH3 is 1. The Morgan fingerprint density at radius 2 is 1.72 bits per heavy atom. The van der Waals surface area contributed by atoms with Gasteiger partial charge < -0.3 is 14.8 Å². The quantitative estimate of drug-likeness (QED) is 0.761. The highest BCUT2D eigenvalue weighted by atomic mass is 35.5. The van der Waals surface area contributed by atoms with Crippen LogP contribution in [-0.2, 0) is 10.2 Å². The van der Waals surface area contributed by atoms with Crippen LogP contribution in [0.25, 0.3) is 0 Å². The van der Waals surface area contributed by atoms with E-state index in [0.29, 0.717) is 18.2 Å². The molecule has 132 valence electrons. The van der Waals surface area contributed by atoms with Gasteiger partial charge in [0.25, 0.3) is 0 Å². The number of rotatable bonds is 7. The molecule has 25 heavy (non-hydrogen) atoms. The lowest BCUT2D eigenvalue weighted by Gasteiger charge is -2.40. The van der Waals surface area contributed by atoms with E-state index in [2.05, 4.69) is 5.32 Å². The molecule has 3 rings (SSSR count). The molecule has 1 aliphatic carbocycles. The zero-order valence-electron chi connectivity index (χ0n) is 14.3. The Hall–Kier alpha value is -2.20. The number of carbonyl (C=O) groups is 1. The fraction of sp³-hybridized carbons (Fsp3) is 0.350. The first-order valence-electron chi connectivity index (χ1n) is 8.45. The van der Waals surface area contributed by atoms with Crippen molar-refractivity contribution in [3.8, 4) is 11.5 Å². The van der Waals surface area contributed by atoms with Gasteiger partial charge in [-0.05, 0) is 54.8 Å². The highest BCUT2D eigenvalue weighted by molar-refractivity contribution is 6.30. The van der Waals surface area contributed by atoms with E-state index in [1.165, 1.54) is 0 Å². The fourth-order valence-corrected chi connectivity index (χ4v) is 3.25. The number of ether oxygens (including phenoxy) is 2. The third-order valence-electron chi connectivity index (χ3n) is 4.75. The molecule has 5 heteroatoms. The number of nitrogens with one attached hydrogen (secondary N) is 1. The molecule has 0 aromatic heterocycles. The van der Waals surface area contributed by atoms with Crippen LogP contribution in [-0.4, -0.2) is 26.2 Å². The van der Waals surface area contributed by atoms with Crippen molar-refractivity contribution in [1.82, 2.24) is 5.32 Å². The lowest BCUT2D eigenvalue weighted by atomic mass is 9.64. The van der Waals surface area contributed by atoms with Gasteiger partial charge in [-0.25, -0.2) is 0 Å². The molecule has 1 N–H and O–H groups in total. The topological polar surface area (TPSA) is 47.6 Å². The number of carbonyl (C=O) groups excluding carboxylic acids is 1. The average molecular weight is 360 g/mol. The number of hydrogen-bond donors (Lipinski definition) is 1. The number of halogens is 1. The zero-order valence-corrected chi connectivity index (χ0v) is 15.0. The molecule has 0 radical (unpaired) electrons. The molecule has 0 saturated heterocycles. The monoisotopic (exact) mass is 359 g/mol. The van der Waals surface area contributed by atoms with Gasteiger partial charge in [-0.2, -0.15) is 0 Å². The molecule has 1 saturated carbocycles. The molecule has 0 bridgehead atoms. The van der Waals surface area contributed by atoms with Crippen LogP contribution >= 0.6 is 11.6 Å². The van der Waals surface area contributed by atoms with Gasteiger partial charge in [0.05, 0.1) is 19.1 Å². The Bertz CT molecular complexity index is 709. The summed E-state index contributed by atoms with van der Waals surface area (Å²) < 4.78 is 10.8. The summed E-state index contributed by atoms with van der Waals surface area (Å²) in [5.41, 5.74) is 0.627. The summed E-state index contributed by atoms with van der Waals surface area (Å²) in [6, 6.07) is 15.0. The lowest BCUT2D eigenvalue weighted by Crippen LogP contribution is -2.50. The van der Waals surface area contributed by atoms with Gasteiger partial charge in [0.1, 0.15) is 18.1 Å². The summed E-state index contributed by atoms with van der Waals surface area (Å²) in [4.78, 5) is 12.7. The van der Waals surface area contributed by atoms with E-state index < -0.39 is 5.41 Å². The number of amides is 1. The van der Waals surface area contributed by atoms with E-state index in [-0.39, 0.29) is 5.91 Å². The van der Waals surface area contributed by atoms with Crippen LogP contribution in [0.4, 0.5) is 0 Å². The lowest BCUT2D eigenvalue weighted by molar-refractivity contribution is -0.130. The van der Waals surface area contributed by atoms with E-state index in [1.807, 2.05) is 48.5 Å². The van der Waals surface area contributed by atoms with Crippen molar-refractivity contribution < 1.29 is 14.3 Å². The van der Waals surface area contributed by atoms with Gasteiger partial charge in [0.2, 0.25) is 5.91 Å². The maximum atomic E-state index is 12.7. The standard InChI is InChI=1S/C20H22ClNO3/c1-24-17-7-9-18(10-8-17)25-14-13-22-19(23)20(11-2-12-20)15-3-5-16(21)6-4-15/h3-10H,2,11-14H2,1H3,(H,22,23). The molecular formula is C20H22ClNO3. The second-order valence-corrected chi connectivity index (χ2v) is 6.66. The maximum absolute atomic E-state index is 12.7. The van der Waals surface area contributed by atoms with Crippen molar-refractivity contribution in [3.05, 3.63) is 59.1 Å². The minimum atomic E-state index is -0.412. The molecule has 1 aliphatic rings. The molecule has 2 aromatic carbocycles. The largest absolute Gasteiger partial charge is 0.497 e. The highest BCUT2D eigenvalue weighted by Gasteiger charge is 2.45. The van der Waals surface area contributed by atoms with Gasteiger partial charge in [0.15, 0.2) is 0 Å². The summed E-state index contributed by atoms with van der Waals surface area (Å²) in [6.45, 7) is 0.898. The molecule has 0 atom stereocenters. The Morgan fingerprint density at radius 3 is 2.28 bits per heavy atom. The Balaban J connectivity index is 1.51. The normalized spacial score (nSPS) is 15.1. The molecular weight excluding hydrogens is 338 g/mol. The molecule has 2 aromatic rings. The number of hydrogen-bond acceptors (Lipinski definition) is 3. The van der Waals surface area contributed by atoms with Crippen molar-refractivity contribution in [2.75, 3.05) is 20.3 Å². The van der Waals surface area contributed by atoms with Gasteiger partial charge >= 0.3 is 0 Å². The Morgan fingerprint density at radius 1 is 1.08 bits per heavy atom. The van der Waals surface area contributed by atoms with Crippen LogP contribution in [0.15, 0.2) is 48.5 Å². The smallest absolute Gasteiger partial charge is 0.230 e. The van der Waals surface area contributed by atoms with Crippen molar-refractivity contribution in [1.29, 1.82) is 0 Å². The van der Waals surface area contributed by atoms with Gasteiger partial charge in [-0.3, -0.25) is 4.79 Å². The van der Waals surface area contributed by atoms with Crippen molar-refractivity contribution >= 4 is 17.5 Å². The predicted octanol–water partition coefficient (Wildman–Crippen LogP) is 3.97. The van der Waals surface area contributed by atoms with Gasteiger partial charge in [-0.15, -0.1) is 0 Å². The molecule has 1 amide bonds. The molecule has 0 aliphatic heterocycles. The first-order valence-corrected chi connectivity index (χ1v) is 8.83. The summed E-state index contributed by atoms with van der Waals surface area (Å²) >= 11 is 5.96. The van der Waals surface area contributed by atoms with Crippen LogP contribution in [0.2, 0.25) is 5.02 Å². The van der Waals surface area contributed by atoms with Crippen molar-refractivity contribution in [3.63, 3.8) is 0 Å². The van der Waals surface area contributed by atoms with Crippen molar-refractivity contribution in [2.45, 2.75) is 24.7 Å².